The van der Waals surface area contributed by atoms with E-state index in [0.29, 0.717) is 42.5 Å². The molecule has 2 aromatic rings. The number of carboxylic acid groups (broad SMARTS) is 1. The first-order chi connectivity index (χ1) is 10.5. The summed E-state index contributed by atoms with van der Waals surface area (Å²) in [6.07, 6.45) is 1.37. The molecule has 0 amide bonds. The summed E-state index contributed by atoms with van der Waals surface area (Å²) >= 11 is 0. The number of halogens is 1. The number of piperidine rings is 1. The van der Waals surface area contributed by atoms with Gasteiger partial charge in [-0.15, -0.1) is 0 Å². The first kappa shape index (κ1) is 14.5. The van der Waals surface area contributed by atoms with Gasteiger partial charge in [0, 0.05) is 25.6 Å². The van der Waals surface area contributed by atoms with Crippen molar-refractivity contribution in [3.05, 3.63) is 29.9 Å². The van der Waals surface area contributed by atoms with Crippen molar-refractivity contribution < 1.29 is 18.8 Å². The molecule has 1 aliphatic rings. The Bertz CT molecular complexity index is 701. The molecule has 0 unspecified atom stereocenters. The van der Waals surface area contributed by atoms with Gasteiger partial charge < -0.3 is 14.5 Å². The zero-order chi connectivity index (χ0) is 15.7. The van der Waals surface area contributed by atoms with Gasteiger partial charge in [-0.25, -0.2) is 4.39 Å². The molecule has 7 heteroatoms. The van der Waals surface area contributed by atoms with E-state index < -0.39 is 17.7 Å². The van der Waals surface area contributed by atoms with Gasteiger partial charge in [-0.05, 0) is 31.0 Å². The second kappa shape index (κ2) is 5.75. The van der Waals surface area contributed by atoms with Gasteiger partial charge >= 0.3 is 5.97 Å². The molecule has 0 saturated carbocycles. The van der Waals surface area contributed by atoms with E-state index in [-0.39, 0.29) is 0 Å². The summed E-state index contributed by atoms with van der Waals surface area (Å²) in [6, 6.07) is 4.71. The lowest BCUT2D eigenvalue weighted by molar-refractivity contribution is -0.141. The fourth-order valence-electron chi connectivity index (χ4n) is 2.72. The van der Waals surface area contributed by atoms with Crippen LogP contribution in [-0.4, -0.2) is 34.3 Å². The molecular weight excluding hydrogens is 289 g/mol. The van der Waals surface area contributed by atoms with Gasteiger partial charge in [-0.1, -0.05) is 5.16 Å². The van der Waals surface area contributed by atoms with Crippen LogP contribution < -0.4 is 4.90 Å². The Hall–Kier alpha value is -2.44. The quantitative estimate of drug-likeness (QED) is 0.938. The Labute approximate surface area is 126 Å². The number of carboxylic acids is 1. The summed E-state index contributed by atoms with van der Waals surface area (Å²) in [7, 11) is 0. The molecule has 3 rings (SSSR count). The van der Waals surface area contributed by atoms with Crippen molar-refractivity contribution in [2.24, 2.45) is 5.92 Å². The minimum Gasteiger partial charge on any atom is -0.481 e. The highest BCUT2D eigenvalue weighted by Gasteiger charge is 2.27. The minimum absolute atomic E-state index is 0.326. The summed E-state index contributed by atoms with van der Waals surface area (Å²) in [5, 5.41) is 12.9. The topological polar surface area (TPSA) is 79.5 Å². The number of anilines is 1. The van der Waals surface area contributed by atoms with E-state index in [0.717, 1.165) is 6.42 Å². The molecule has 6 nitrogen and oxygen atoms in total. The molecule has 22 heavy (non-hydrogen) atoms. The number of hydrogen-bond donors (Lipinski definition) is 1. The number of hydrogen-bond acceptors (Lipinski definition) is 5. The summed E-state index contributed by atoms with van der Waals surface area (Å²) < 4.78 is 19.3. The van der Waals surface area contributed by atoms with Gasteiger partial charge in [0.1, 0.15) is 5.82 Å². The minimum atomic E-state index is -0.830. The van der Waals surface area contributed by atoms with Crippen molar-refractivity contribution in [2.45, 2.75) is 19.8 Å². The van der Waals surface area contributed by atoms with Crippen LogP contribution in [0.5, 0.6) is 0 Å². The second-order valence-corrected chi connectivity index (χ2v) is 5.43. The Morgan fingerprint density at radius 3 is 2.95 bits per heavy atom. The molecule has 0 bridgehead atoms. The van der Waals surface area contributed by atoms with Crippen LogP contribution in [0.15, 0.2) is 22.7 Å². The zero-order valence-electron chi connectivity index (χ0n) is 12.1. The zero-order valence-corrected chi connectivity index (χ0v) is 12.1. The molecular formula is C15H16FN3O3. The van der Waals surface area contributed by atoms with E-state index in [1.165, 1.54) is 6.07 Å². The average molecular weight is 305 g/mol. The number of carbonyl (C=O) groups is 1. The maximum absolute atomic E-state index is 14.4. The summed E-state index contributed by atoms with van der Waals surface area (Å²) in [5.74, 6) is -0.938. The van der Waals surface area contributed by atoms with E-state index in [9.17, 15) is 9.18 Å². The van der Waals surface area contributed by atoms with Crippen molar-refractivity contribution in [2.75, 3.05) is 18.0 Å². The highest BCUT2D eigenvalue weighted by Crippen LogP contribution is 2.28. The highest BCUT2D eigenvalue weighted by atomic mass is 19.1. The summed E-state index contributed by atoms with van der Waals surface area (Å²) in [5.41, 5.74) is 0.944. The lowest BCUT2D eigenvalue weighted by atomic mass is 9.97. The SMILES string of the molecule is Cc1nc(-c2ccc(N3CCC[C@@H](C(=O)O)C3)c(F)c2)no1. The van der Waals surface area contributed by atoms with Crippen LogP contribution >= 0.6 is 0 Å². The Kier molecular flexibility index (Phi) is 3.79. The van der Waals surface area contributed by atoms with Crippen LogP contribution in [-0.2, 0) is 4.79 Å². The predicted molar refractivity (Wildman–Crippen MR) is 77.0 cm³/mol. The van der Waals surface area contributed by atoms with Gasteiger partial charge in [0.2, 0.25) is 11.7 Å². The molecule has 0 spiro atoms. The lowest BCUT2D eigenvalue weighted by Crippen LogP contribution is -2.39. The number of aliphatic carboxylic acids is 1. The smallest absolute Gasteiger partial charge is 0.308 e. The van der Waals surface area contributed by atoms with E-state index >= 15 is 0 Å². The predicted octanol–water partition coefficient (Wildman–Crippen LogP) is 2.49. The van der Waals surface area contributed by atoms with E-state index in [2.05, 4.69) is 10.1 Å². The van der Waals surface area contributed by atoms with E-state index in [1.807, 2.05) is 0 Å². The number of aryl methyl sites for hydroxylation is 1. The maximum atomic E-state index is 14.4. The molecule has 116 valence electrons. The number of rotatable bonds is 3. The number of benzene rings is 1. The molecule has 2 heterocycles. The third-order valence-electron chi connectivity index (χ3n) is 3.84. The first-order valence-corrected chi connectivity index (χ1v) is 7.12. The first-order valence-electron chi connectivity index (χ1n) is 7.12. The third-order valence-corrected chi connectivity index (χ3v) is 3.84. The summed E-state index contributed by atoms with van der Waals surface area (Å²) in [6.45, 7) is 2.65. The van der Waals surface area contributed by atoms with Crippen LogP contribution in [0.1, 0.15) is 18.7 Å². The van der Waals surface area contributed by atoms with Gasteiger partial charge in [-0.2, -0.15) is 4.98 Å². The van der Waals surface area contributed by atoms with Gasteiger partial charge in [0.05, 0.1) is 11.6 Å². The Morgan fingerprint density at radius 1 is 1.50 bits per heavy atom. The third kappa shape index (κ3) is 2.79. The second-order valence-electron chi connectivity index (χ2n) is 5.43. The fourth-order valence-corrected chi connectivity index (χ4v) is 2.72. The Balaban J connectivity index is 1.84. The molecule has 1 saturated heterocycles. The number of nitrogens with zero attached hydrogens (tertiary/aromatic N) is 3. The highest BCUT2D eigenvalue weighted by molar-refractivity contribution is 5.71. The molecule has 1 aliphatic heterocycles. The van der Waals surface area contributed by atoms with Gasteiger partial charge in [0.15, 0.2) is 0 Å². The van der Waals surface area contributed by atoms with Crippen molar-refractivity contribution in [3.63, 3.8) is 0 Å². The lowest BCUT2D eigenvalue weighted by Gasteiger charge is -2.32. The van der Waals surface area contributed by atoms with Crippen LogP contribution in [0.3, 0.4) is 0 Å². The summed E-state index contributed by atoms with van der Waals surface area (Å²) in [4.78, 5) is 17.0. The average Bonchev–Trinajstić information content (AvgIpc) is 2.94. The Morgan fingerprint density at radius 2 is 2.32 bits per heavy atom. The van der Waals surface area contributed by atoms with Gasteiger partial charge in [-0.3, -0.25) is 4.79 Å². The van der Waals surface area contributed by atoms with Crippen LogP contribution in [0.2, 0.25) is 0 Å². The standard InChI is InChI=1S/C15H16FN3O3/c1-9-17-14(18-22-9)10-4-5-13(12(16)7-10)19-6-2-3-11(8-19)15(20)21/h4-5,7,11H,2-3,6,8H2,1H3,(H,20,21)/t11-/m1/s1. The van der Waals surface area contributed by atoms with Crippen molar-refractivity contribution in [1.29, 1.82) is 0 Å². The van der Waals surface area contributed by atoms with E-state index in [4.69, 9.17) is 9.63 Å². The van der Waals surface area contributed by atoms with Gasteiger partial charge in [0.25, 0.3) is 0 Å². The maximum Gasteiger partial charge on any atom is 0.308 e. The molecule has 1 fully saturated rings. The largest absolute Gasteiger partial charge is 0.481 e. The van der Waals surface area contributed by atoms with Crippen LogP contribution in [0, 0.1) is 18.7 Å². The normalized spacial score (nSPS) is 18.5. The van der Waals surface area contributed by atoms with Crippen molar-refractivity contribution in [3.8, 4) is 11.4 Å². The molecule has 0 radical (unpaired) electrons. The molecule has 1 aromatic carbocycles. The molecule has 1 N–H and O–H groups in total. The van der Waals surface area contributed by atoms with E-state index in [1.54, 1.807) is 24.0 Å². The van der Waals surface area contributed by atoms with Crippen molar-refractivity contribution >= 4 is 11.7 Å². The number of aromatic nitrogens is 2. The molecule has 1 aromatic heterocycles. The van der Waals surface area contributed by atoms with Crippen molar-refractivity contribution in [1.82, 2.24) is 10.1 Å². The molecule has 0 aliphatic carbocycles. The molecule has 1 atom stereocenters. The van der Waals surface area contributed by atoms with Crippen LogP contribution in [0.25, 0.3) is 11.4 Å². The monoisotopic (exact) mass is 305 g/mol. The van der Waals surface area contributed by atoms with Crippen LogP contribution in [0.4, 0.5) is 10.1 Å². The fraction of sp³-hybridized carbons (Fsp3) is 0.400.